The Balaban J connectivity index is 1.62. The summed E-state index contributed by atoms with van der Waals surface area (Å²) in [5.41, 5.74) is 8.46. The molecule has 1 aromatic carbocycles. The van der Waals surface area contributed by atoms with Crippen molar-refractivity contribution in [3.8, 4) is 34.2 Å². The van der Waals surface area contributed by atoms with E-state index in [2.05, 4.69) is 24.7 Å². The predicted molar refractivity (Wildman–Crippen MR) is 138 cm³/mol. The van der Waals surface area contributed by atoms with E-state index in [4.69, 9.17) is 15.2 Å². The van der Waals surface area contributed by atoms with Crippen LogP contribution >= 0.6 is 0 Å². The van der Waals surface area contributed by atoms with Gasteiger partial charge >= 0.3 is 24.3 Å². The first-order chi connectivity index (χ1) is 21.6. The summed E-state index contributed by atoms with van der Waals surface area (Å²) in [6.07, 6.45) is -21.1. The van der Waals surface area contributed by atoms with Crippen molar-refractivity contribution in [2.45, 2.75) is 55.9 Å². The number of nitrogens with one attached hydrogen (secondary N) is 1. The standard InChI is InChI=1S/C27H21F6N5O8/c28-26(29,30)24(41)45-20-19(40)16(9-39)44-23(21(20)46-25(42)27(31,32)33)43-15-4-2-1-3-10(15)17-11-5-6-14-13(8-36-38-14)18(11)37-22(35)12(17)7-34/h1-4,8,16,19-21,23,39-40H,5-6,9H2,(H2,35,37)(H,36,38)/t16-,19-,20+,21-,23-/m1/s1. The molecular weight excluding hydrogens is 636 g/mol. The number of nitrogens with zero attached hydrogens (tertiary/aromatic N) is 3. The number of hydrogen-bond donors (Lipinski definition) is 4. The minimum absolute atomic E-state index is 0.0800. The Bertz CT molecular complexity index is 1700. The van der Waals surface area contributed by atoms with E-state index in [9.17, 15) is 51.4 Å². The van der Waals surface area contributed by atoms with Crippen molar-refractivity contribution < 1.29 is 65.1 Å². The van der Waals surface area contributed by atoms with Crippen molar-refractivity contribution in [2.24, 2.45) is 0 Å². The third-order valence-electron chi connectivity index (χ3n) is 7.18. The fourth-order valence-electron chi connectivity index (χ4n) is 5.15. The number of aromatic amines is 1. The van der Waals surface area contributed by atoms with Gasteiger partial charge in [0.15, 0.2) is 6.10 Å². The molecule has 0 radical (unpaired) electrons. The lowest BCUT2D eigenvalue weighted by Gasteiger charge is -2.42. The molecule has 0 bridgehead atoms. The van der Waals surface area contributed by atoms with E-state index in [1.807, 2.05) is 6.07 Å². The van der Waals surface area contributed by atoms with Crippen LogP contribution in [0.25, 0.3) is 22.4 Å². The zero-order valence-corrected chi connectivity index (χ0v) is 22.9. The molecule has 2 aromatic heterocycles. The number of para-hydroxylation sites is 1. The van der Waals surface area contributed by atoms with Crippen LogP contribution in [-0.2, 0) is 36.6 Å². The van der Waals surface area contributed by atoms with Gasteiger partial charge in [0.05, 0.1) is 18.5 Å². The first-order valence-corrected chi connectivity index (χ1v) is 13.2. The van der Waals surface area contributed by atoms with Gasteiger partial charge in [-0.15, -0.1) is 0 Å². The molecule has 1 saturated heterocycles. The Morgan fingerprint density at radius 2 is 1.72 bits per heavy atom. The molecule has 5 atom stereocenters. The van der Waals surface area contributed by atoms with E-state index in [0.717, 1.165) is 5.69 Å². The maximum absolute atomic E-state index is 13.2. The minimum Gasteiger partial charge on any atom is -0.460 e. The molecule has 1 aliphatic carbocycles. The molecule has 0 saturated carbocycles. The zero-order valence-electron chi connectivity index (χ0n) is 22.9. The van der Waals surface area contributed by atoms with E-state index in [0.29, 0.717) is 29.7 Å². The van der Waals surface area contributed by atoms with E-state index in [1.165, 1.54) is 30.5 Å². The number of hydrogen-bond acceptors (Lipinski definition) is 12. The lowest BCUT2D eigenvalue weighted by Crippen LogP contribution is -2.63. The lowest BCUT2D eigenvalue weighted by atomic mass is 9.85. The molecule has 244 valence electrons. The maximum atomic E-state index is 13.2. The van der Waals surface area contributed by atoms with E-state index in [-0.39, 0.29) is 28.3 Å². The van der Waals surface area contributed by atoms with E-state index in [1.54, 1.807) is 0 Å². The quantitative estimate of drug-likeness (QED) is 0.222. The normalized spacial score (nSPS) is 22.6. The molecule has 0 spiro atoms. The Hall–Kier alpha value is -4.93. The van der Waals surface area contributed by atoms with Gasteiger partial charge in [0.2, 0.25) is 12.4 Å². The van der Waals surface area contributed by atoms with Crippen molar-refractivity contribution in [1.82, 2.24) is 15.2 Å². The molecule has 46 heavy (non-hydrogen) atoms. The van der Waals surface area contributed by atoms with Gasteiger partial charge in [-0.05, 0) is 24.5 Å². The Morgan fingerprint density at radius 1 is 1.07 bits per heavy atom. The van der Waals surface area contributed by atoms with Gasteiger partial charge in [-0.2, -0.15) is 36.7 Å². The number of aliphatic hydroxyl groups excluding tert-OH is 2. The lowest BCUT2D eigenvalue weighted by molar-refractivity contribution is -0.298. The zero-order chi connectivity index (χ0) is 33.6. The number of fused-ring (bicyclic) bond motifs is 3. The average molecular weight is 657 g/mol. The molecular formula is C27H21F6N5O8. The molecule has 1 aliphatic heterocycles. The van der Waals surface area contributed by atoms with Gasteiger partial charge in [0.25, 0.3) is 0 Å². The third-order valence-corrected chi connectivity index (χ3v) is 7.18. The molecule has 5 rings (SSSR count). The number of alkyl halides is 6. The van der Waals surface area contributed by atoms with Crippen LogP contribution in [0.15, 0.2) is 30.5 Å². The number of aliphatic hydroxyl groups is 2. The number of nitrogens with two attached hydrogens (primary N) is 1. The number of nitriles is 1. The average Bonchev–Trinajstić information content (AvgIpc) is 3.48. The molecule has 19 heteroatoms. The summed E-state index contributed by atoms with van der Waals surface area (Å²) >= 11 is 0. The number of benzene rings is 1. The summed E-state index contributed by atoms with van der Waals surface area (Å²) in [6.45, 7) is -1.15. The summed E-state index contributed by atoms with van der Waals surface area (Å²) in [5.74, 6) is -6.37. The molecule has 3 heterocycles. The number of esters is 2. The molecule has 2 aliphatic rings. The highest BCUT2D eigenvalue weighted by Crippen LogP contribution is 2.44. The number of anilines is 1. The Labute approximate surface area is 253 Å². The number of pyridine rings is 1. The van der Waals surface area contributed by atoms with Gasteiger partial charge in [0, 0.05) is 22.4 Å². The van der Waals surface area contributed by atoms with Gasteiger partial charge in [-0.25, -0.2) is 14.6 Å². The summed E-state index contributed by atoms with van der Waals surface area (Å²) in [7, 11) is 0. The Morgan fingerprint density at radius 3 is 2.35 bits per heavy atom. The van der Waals surface area contributed by atoms with Crippen LogP contribution in [0.2, 0.25) is 0 Å². The Kier molecular flexibility index (Phi) is 8.55. The van der Waals surface area contributed by atoms with Crippen LogP contribution < -0.4 is 10.5 Å². The number of halogens is 6. The topological polar surface area (TPSA) is 203 Å². The summed E-state index contributed by atoms with van der Waals surface area (Å²) in [6, 6.07) is 7.50. The first-order valence-electron chi connectivity index (χ1n) is 13.2. The minimum atomic E-state index is -5.69. The predicted octanol–water partition coefficient (Wildman–Crippen LogP) is 2.10. The van der Waals surface area contributed by atoms with Crippen LogP contribution in [0, 0.1) is 11.3 Å². The molecule has 1 fully saturated rings. The second-order valence-electron chi connectivity index (χ2n) is 10.0. The second-order valence-corrected chi connectivity index (χ2v) is 10.0. The van der Waals surface area contributed by atoms with Crippen LogP contribution in [0.4, 0.5) is 32.2 Å². The monoisotopic (exact) mass is 657 g/mol. The van der Waals surface area contributed by atoms with Crippen molar-refractivity contribution in [3.05, 3.63) is 47.3 Å². The highest BCUT2D eigenvalue weighted by molar-refractivity contribution is 5.88. The molecule has 3 aromatic rings. The number of H-pyrrole nitrogens is 1. The molecule has 13 nitrogen and oxygen atoms in total. The van der Waals surface area contributed by atoms with Gasteiger partial charge < -0.3 is 34.9 Å². The van der Waals surface area contributed by atoms with Gasteiger partial charge in [0.1, 0.15) is 35.4 Å². The molecule has 5 N–H and O–H groups in total. The van der Waals surface area contributed by atoms with Gasteiger partial charge in [-0.1, -0.05) is 18.2 Å². The fourth-order valence-corrected chi connectivity index (χ4v) is 5.15. The number of carbonyl (C=O) groups excluding carboxylic acids is 2. The molecule has 0 unspecified atom stereocenters. The van der Waals surface area contributed by atoms with Crippen LogP contribution in [0.5, 0.6) is 5.75 Å². The van der Waals surface area contributed by atoms with Crippen molar-refractivity contribution in [2.75, 3.05) is 12.3 Å². The van der Waals surface area contributed by atoms with Crippen molar-refractivity contribution in [1.29, 1.82) is 5.26 Å². The SMILES string of the molecule is N#Cc1c(N)nc2c(c1-c1ccccc1O[C@@H]1O[C@H](CO)[C@@H](O)[C@H](OC(=O)C(F)(F)F)[C@H]1OC(=O)C(F)(F)F)CCc1[nH]ncc1-2. The van der Waals surface area contributed by atoms with Crippen molar-refractivity contribution >= 4 is 17.8 Å². The smallest absolute Gasteiger partial charge is 0.460 e. The number of aromatic nitrogens is 3. The fraction of sp³-hybridized carbons (Fsp3) is 0.370. The van der Waals surface area contributed by atoms with E-state index < -0.39 is 61.6 Å². The number of carbonyl (C=O) groups is 2. The number of aryl methyl sites for hydroxylation is 1. The highest BCUT2D eigenvalue weighted by Gasteiger charge is 2.56. The molecule has 0 amide bonds. The summed E-state index contributed by atoms with van der Waals surface area (Å²) < 4.78 is 98.7. The van der Waals surface area contributed by atoms with Crippen molar-refractivity contribution in [3.63, 3.8) is 0 Å². The second kappa shape index (κ2) is 12.1. The van der Waals surface area contributed by atoms with Crippen LogP contribution in [-0.4, -0.2) is 87.0 Å². The summed E-state index contributed by atoms with van der Waals surface area (Å²) in [5, 5.41) is 37.1. The third kappa shape index (κ3) is 6.01. The maximum Gasteiger partial charge on any atom is 0.490 e. The first kappa shape index (κ1) is 32.5. The van der Waals surface area contributed by atoms with Crippen LogP contribution in [0.3, 0.4) is 0 Å². The van der Waals surface area contributed by atoms with Gasteiger partial charge in [-0.3, -0.25) is 5.10 Å². The summed E-state index contributed by atoms with van der Waals surface area (Å²) in [4.78, 5) is 27.9. The largest absolute Gasteiger partial charge is 0.490 e. The number of ether oxygens (including phenoxy) is 4. The van der Waals surface area contributed by atoms with Crippen LogP contribution in [0.1, 0.15) is 16.8 Å². The number of rotatable bonds is 6. The van der Waals surface area contributed by atoms with E-state index >= 15 is 0 Å². The number of nitrogen functional groups attached to an aromatic ring is 1. The highest BCUT2D eigenvalue weighted by atomic mass is 19.4.